The standard InChI is InChI=1S/C35H36N2O2/c1-3-4-7-14-27-21-23-29(24-22-27)34(38)36-26(2)25-33(31-19-12-13-20-32(31)36)37(30-17-10-6-11-18-30)35(39)28-15-8-5-9-16-28/h5-6,8-13,15-24,26,33H,3-4,7,14,25H2,1-2H3/t26-,33+/m1/s1. The van der Waals surface area contributed by atoms with Gasteiger partial charge in [-0.3, -0.25) is 9.59 Å². The molecule has 0 saturated carbocycles. The van der Waals surface area contributed by atoms with Crippen LogP contribution in [0.15, 0.2) is 109 Å². The van der Waals surface area contributed by atoms with E-state index in [1.807, 2.05) is 101 Å². The van der Waals surface area contributed by atoms with Gasteiger partial charge in [0.05, 0.1) is 6.04 Å². The minimum Gasteiger partial charge on any atom is -0.305 e. The van der Waals surface area contributed by atoms with Crippen molar-refractivity contribution in [3.8, 4) is 0 Å². The summed E-state index contributed by atoms with van der Waals surface area (Å²) in [6.07, 6.45) is 5.25. The Morgan fingerprint density at radius 2 is 1.41 bits per heavy atom. The van der Waals surface area contributed by atoms with Crippen LogP contribution in [0.4, 0.5) is 11.4 Å². The molecule has 0 aliphatic carbocycles. The number of nitrogens with zero attached hydrogens (tertiary/aromatic N) is 2. The third-order valence-electron chi connectivity index (χ3n) is 7.63. The molecule has 0 fully saturated rings. The third-order valence-corrected chi connectivity index (χ3v) is 7.63. The van der Waals surface area contributed by atoms with Crippen LogP contribution in [0.25, 0.3) is 0 Å². The van der Waals surface area contributed by atoms with Gasteiger partial charge in [-0.25, -0.2) is 0 Å². The number of para-hydroxylation sites is 2. The van der Waals surface area contributed by atoms with Crippen molar-refractivity contribution in [1.82, 2.24) is 0 Å². The van der Waals surface area contributed by atoms with E-state index in [4.69, 9.17) is 0 Å². The second kappa shape index (κ2) is 12.1. The first-order valence-corrected chi connectivity index (χ1v) is 14.0. The van der Waals surface area contributed by atoms with Gasteiger partial charge in [0.25, 0.3) is 11.8 Å². The molecule has 4 aromatic rings. The Morgan fingerprint density at radius 1 is 0.769 bits per heavy atom. The predicted molar refractivity (Wildman–Crippen MR) is 159 cm³/mol. The molecular formula is C35H36N2O2. The normalized spacial score (nSPS) is 16.4. The van der Waals surface area contributed by atoms with E-state index in [0.717, 1.165) is 23.4 Å². The number of aryl methyl sites for hydroxylation is 1. The van der Waals surface area contributed by atoms with E-state index in [0.29, 0.717) is 17.5 Å². The van der Waals surface area contributed by atoms with Gasteiger partial charge in [0.2, 0.25) is 0 Å². The predicted octanol–water partition coefficient (Wildman–Crippen LogP) is 8.25. The van der Waals surface area contributed by atoms with E-state index >= 15 is 0 Å². The molecule has 5 rings (SSSR count). The lowest BCUT2D eigenvalue weighted by Gasteiger charge is -2.43. The number of anilines is 2. The van der Waals surface area contributed by atoms with E-state index in [2.05, 4.69) is 32.0 Å². The molecule has 0 radical (unpaired) electrons. The fraction of sp³-hybridized carbons (Fsp3) is 0.257. The zero-order valence-corrected chi connectivity index (χ0v) is 22.8. The Hall–Kier alpha value is -4.18. The van der Waals surface area contributed by atoms with Crippen LogP contribution in [0, 0.1) is 0 Å². The Bertz CT molecular complexity index is 1400. The van der Waals surface area contributed by atoms with Gasteiger partial charge in [-0.1, -0.05) is 86.5 Å². The number of amides is 2. The largest absolute Gasteiger partial charge is 0.305 e. The number of hydrogen-bond acceptors (Lipinski definition) is 2. The molecule has 0 spiro atoms. The third kappa shape index (κ3) is 5.65. The monoisotopic (exact) mass is 516 g/mol. The highest BCUT2D eigenvalue weighted by atomic mass is 16.2. The molecular weight excluding hydrogens is 480 g/mol. The molecule has 4 heteroatoms. The lowest BCUT2D eigenvalue weighted by molar-refractivity contribution is 0.0965. The number of carbonyl (C=O) groups excluding carboxylic acids is 2. The summed E-state index contributed by atoms with van der Waals surface area (Å²) in [5, 5.41) is 0. The van der Waals surface area contributed by atoms with Crippen LogP contribution in [0.3, 0.4) is 0 Å². The fourth-order valence-electron chi connectivity index (χ4n) is 5.62. The van der Waals surface area contributed by atoms with Crippen molar-refractivity contribution < 1.29 is 9.59 Å². The molecule has 1 heterocycles. The van der Waals surface area contributed by atoms with Gasteiger partial charge in [-0.15, -0.1) is 0 Å². The smallest absolute Gasteiger partial charge is 0.258 e. The van der Waals surface area contributed by atoms with Crippen molar-refractivity contribution in [1.29, 1.82) is 0 Å². The van der Waals surface area contributed by atoms with Crippen LogP contribution >= 0.6 is 0 Å². The van der Waals surface area contributed by atoms with E-state index in [1.165, 1.54) is 24.8 Å². The molecule has 0 N–H and O–H groups in total. The van der Waals surface area contributed by atoms with Gasteiger partial charge in [0.1, 0.15) is 0 Å². The zero-order valence-electron chi connectivity index (χ0n) is 22.8. The van der Waals surface area contributed by atoms with E-state index in [-0.39, 0.29) is 23.9 Å². The number of benzene rings is 4. The van der Waals surface area contributed by atoms with Crippen LogP contribution in [0.2, 0.25) is 0 Å². The second-order valence-corrected chi connectivity index (χ2v) is 10.4. The van der Waals surface area contributed by atoms with E-state index in [9.17, 15) is 9.59 Å². The number of fused-ring (bicyclic) bond motifs is 1. The summed E-state index contributed by atoms with van der Waals surface area (Å²) < 4.78 is 0. The van der Waals surface area contributed by atoms with Crippen molar-refractivity contribution in [2.75, 3.05) is 9.80 Å². The second-order valence-electron chi connectivity index (χ2n) is 10.4. The maximum Gasteiger partial charge on any atom is 0.258 e. The quantitative estimate of drug-likeness (QED) is 0.221. The first kappa shape index (κ1) is 26.4. The van der Waals surface area contributed by atoms with Gasteiger partial charge < -0.3 is 9.80 Å². The molecule has 1 aliphatic rings. The molecule has 2 atom stereocenters. The summed E-state index contributed by atoms with van der Waals surface area (Å²) in [5.74, 6) is -0.0543. The summed E-state index contributed by atoms with van der Waals surface area (Å²) in [6.45, 7) is 4.29. The summed E-state index contributed by atoms with van der Waals surface area (Å²) in [4.78, 5) is 31.7. The zero-order chi connectivity index (χ0) is 27.2. The van der Waals surface area contributed by atoms with Crippen LogP contribution in [-0.2, 0) is 6.42 Å². The summed E-state index contributed by atoms with van der Waals surface area (Å²) in [5.41, 5.74) is 5.29. The number of carbonyl (C=O) groups is 2. The number of hydrogen-bond donors (Lipinski definition) is 0. The number of rotatable bonds is 8. The molecule has 0 aromatic heterocycles. The van der Waals surface area contributed by atoms with Crippen LogP contribution in [0.1, 0.15) is 77.4 Å². The molecule has 0 bridgehead atoms. The first-order chi connectivity index (χ1) is 19.1. The molecule has 4 nitrogen and oxygen atoms in total. The van der Waals surface area contributed by atoms with Crippen LogP contribution in [-0.4, -0.2) is 17.9 Å². The average Bonchev–Trinajstić information content (AvgIpc) is 2.98. The summed E-state index contributed by atoms with van der Waals surface area (Å²) >= 11 is 0. The van der Waals surface area contributed by atoms with Crippen molar-refractivity contribution in [2.45, 2.75) is 58.0 Å². The summed E-state index contributed by atoms with van der Waals surface area (Å²) in [7, 11) is 0. The highest BCUT2D eigenvalue weighted by molar-refractivity contribution is 6.09. The highest BCUT2D eigenvalue weighted by Crippen LogP contribution is 2.43. The molecule has 0 unspecified atom stereocenters. The van der Waals surface area contributed by atoms with Gasteiger partial charge in [0.15, 0.2) is 0 Å². The fourth-order valence-corrected chi connectivity index (χ4v) is 5.62. The minimum absolute atomic E-state index is 0.00541. The minimum atomic E-state index is -0.212. The molecule has 1 aliphatic heterocycles. The van der Waals surface area contributed by atoms with E-state index in [1.54, 1.807) is 0 Å². The Morgan fingerprint density at radius 3 is 2.10 bits per heavy atom. The topological polar surface area (TPSA) is 40.6 Å². The van der Waals surface area contributed by atoms with Crippen LogP contribution < -0.4 is 9.80 Å². The Balaban J connectivity index is 1.50. The van der Waals surface area contributed by atoms with Gasteiger partial charge in [-0.2, -0.15) is 0 Å². The molecule has 198 valence electrons. The van der Waals surface area contributed by atoms with Gasteiger partial charge >= 0.3 is 0 Å². The first-order valence-electron chi connectivity index (χ1n) is 14.0. The van der Waals surface area contributed by atoms with Crippen molar-refractivity contribution in [3.63, 3.8) is 0 Å². The molecule has 39 heavy (non-hydrogen) atoms. The van der Waals surface area contributed by atoms with Crippen molar-refractivity contribution in [3.05, 3.63) is 131 Å². The summed E-state index contributed by atoms with van der Waals surface area (Å²) in [6, 6.07) is 35.1. The van der Waals surface area contributed by atoms with Crippen molar-refractivity contribution in [2.24, 2.45) is 0 Å². The van der Waals surface area contributed by atoms with Crippen molar-refractivity contribution >= 4 is 23.2 Å². The molecule has 2 amide bonds. The Labute approximate surface area is 231 Å². The average molecular weight is 517 g/mol. The van der Waals surface area contributed by atoms with Crippen LogP contribution in [0.5, 0.6) is 0 Å². The van der Waals surface area contributed by atoms with Gasteiger partial charge in [0, 0.05) is 28.5 Å². The number of unbranched alkanes of at least 4 members (excludes halogenated alkanes) is 2. The highest BCUT2D eigenvalue weighted by Gasteiger charge is 2.39. The SMILES string of the molecule is CCCCCc1ccc(C(=O)N2c3ccccc3[C@@H](N(C(=O)c3ccccc3)c3ccccc3)C[C@H]2C)cc1. The maximum atomic E-state index is 14.0. The molecule has 4 aromatic carbocycles. The lowest BCUT2D eigenvalue weighted by Crippen LogP contribution is -2.47. The maximum absolute atomic E-state index is 14.0. The molecule has 0 saturated heterocycles. The van der Waals surface area contributed by atoms with Gasteiger partial charge in [-0.05, 0) is 79.8 Å². The Kier molecular flexibility index (Phi) is 8.21. The lowest BCUT2D eigenvalue weighted by atomic mass is 9.89. The van der Waals surface area contributed by atoms with E-state index < -0.39 is 0 Å².